The molecule has 0 saturated heterocycles. The van der Waals surface area contributed by atoms with Gasteiger partial charge in [0.2, 0.25) is 0 Å². The van der Waals surface area contributed by atoms with Crippen molar-refractivity contribution in [2.24, 2.45) is 0 Å². The molecule has 0 aliphatic heterocycles. The van der Waals surface area contributed by atoms with E-state index in [1.54, 1.807) is 23.5 Å². The minimum Gasteiger partial charge on any atom is -0.233 e. The smallest absolute Gasteiger partial charge is 0.129 e. The Labute approximate surface area is 99.5 Å². The maximum absolute atomic E-state index is 5.85. The van der Waals surface area contributed by atoms with Gasteiger partial charge in [-0.3, -0.25) is 0 Å². The van der Waals surface area contributed by atoms with Gasteiger partial charge < -0.3 is 0 Å². The molecule has 0 unspecified atom stereocenters. The zero-order chi connectivity index (χ0) is 10.4. The van der Waals surface area contributed by atoms with Crippen LogP contribution in [-0.4, -0.2) is 9.97 Å². The normalized spacial score (nSPS) is 11.3. The first kappa shape index (κ1) is 9.33. The number of rotatable bonds is 0. The van der Waals surface area contributed by atoms with Gasteiger partial charge in [0.25, 0.3) is 0 Å². The number of thiophene rings is 1. The lowest BCUT2D eigenvalue weighted by Crippen LogP contribution is -1.78. The first-order valence-electron chi connectivity index (χ1n) is 4.25. The third kappa shape index (κ3) is 1.47. The van der Waals surface area contributed by atoms with E-state index in [0.717, 1.165) is 20.4 Å². The van der Waals surface area contributed by atoms with Gasteiger partial charge in [-0.25, -0.2) is 9.97 Å². The summed E-state index contributed by atoms with van der Waals surface area (Å²) < 4.78 is 2.15. The van der Waals surface area contributed by atoms with Crippen molar-refractivity contribution in [1.29, 1.82) is 0 Å². The first-order chi connectivity index (χ1) is 7.24. The molecule has 2 nitrogen and oxygen atoms in total. The standard InChI is InChI=1S/C10H4Cl2N2S/c11-7-3-1-5-9(13-7)10-6(15-5)2-4-8(12)14-10/h1-4H. The molecule has 0 bridgehead atoms. The number of pyridine rings is 2. The Kier molecular flexibility index (Phi) is 2.06. The molecule has 0 N–H and O–H groups in total. The van der Waals surface area contributed by atoms with Crippen LogP contribution in [0, 0.1) is 0 Å². The molecule has 0 saturated carbocycles. The van der Waals surface area contributed by atoms with Gasteiger partial charge in [-0.2, -0.15) is 0 Å². The Morgan fingerprint density at radius 3 is 1.73 bits per heavy atom. The molecule has 0 radical (unpaired) electrons. The maximum Gasteiger partial charge on any atom is 0.129 e. The van der Waals surface area contributed by atoms with E-state index in [0.29, 0.717) is 10.3 Å². The molecule has 3 heterocycles. The molecule has 0 aromatic carbocycles. The van der Waals surface area contributed by atoms with Crippen LogP contribution in [0.25, 0.3) is 20.4 Å². The molecule has 15 heavy (non-hydrogen) atoms. The van der Waals surface area contributed by atoms with Crippen LogP contribution in [0.1, 0.15) is 0 Å². The molecule has 74 valence electrons. The van der Waals surface area contributed by atoms with Crippen LogP contribution in [0.3, 0.4) is 0 Å². The monoisotopic (exact) mass is 254 g/mol. The summed E-state index contributed by atoms with van der Waals surface area (Å²) >= 11 is 13.3. The Morgan fingerprint density at radius 1 is 0.800 bits per heavy atom. The van der Waals surface area contributed by atoms with Crippen molar-refractivity contribution < 1.29 is 0 Å². The van der Waals surface area contributed by atoms with E-state index >= 15 is 0 Å². The van der Waals surface area contributed by atoms with Crippen LogP contribution in [0.5, 0.6) is 0 Å². The third-order valence-corrected chi connectivity index (χ3v) is 3.61. The fraction of sp³-hybridized carbons (Fsp3) is 0. The average Bonchev–Trinajstić information content (AvgIpc) is 2.56. The summed E-state index contributed by atoms with van der Waals surface area (Å²) in [5.74, 6) is 0. The van der Waals surface area contributed by atoms with E-state index < -0.39 is 0 Å². The van der Waals surface area contributed by atoms with Crippen molar-refractivity contribution in [3.63, 3.8) is 0 Å². The summed E-state index contributed by atoms with van der Waals surface area (Å²) in [4.78, 5) is 8.52. The number of fused-ring (bicyclic) bond motifs is 3. The molecule has 3 rings (SSSR count). The van der Waals surface area contributed by atoms with Gasteiger partial charge in [-0.1, -0.05) is 23.2 Å². The van der Waals surface area contributed by atoms with Crippen molar-refractivity contribution in [3.8, 4) is 0 Å². The maximum atomic E-state index is 5.85. The van der Waals surface area contributed by atoms with Crippen molar-refractivity contribution in [1.82, 2.24) is 9.97 Å². The molecule has 0 fully saturated rings. The Morgan fingerprint density at radius 2 is 1.27 bits per heavy atom. The number of nitrogens with zero attached hydrogens (tertiary/aromatic N) is 2. The first-order valence-corrected chi connectivity index (χ1v) is 5.82. The molecule has 3 aromatic heterocycles. The van der Waals surface area contributed by atoms with Crippen LogP contribution in [-0.2, 0) is 0 Å². The van der Waals surface area contributed by atoms with Crippen LogP contribution in [0.15, 0.2) is 24.3 Å². The highest BCUT2D eigenvalue weighted by atomic mass is 35.5. The highest BCUT2D eigenvalue weighted by Crippen LogP contribution is 2.32. The number of hydrogen-bond acceptors (Lipinski definition) is 3. The minimum atomic E-state index is 0.476. The molecular formula is C10H4Cl2N2S. The van der Waals surface area contributed by atoms with E-state index in [2.05, 4.69) is 9.97 Å². The largest absolute Gasteiger partial charge is 0.233 e. The number of hydrogen-bond donors (Lipinski definition) is 0. The lowest BCUT2D eigenvalue weighted by Gasteiger charge is -1.91. The molecule has 0 atom stereocenters. The van der Waals surface area contributed by atoms with E-state index in [1.807, 2.05) is 12.1 Å². The second kappa shape index (κ2) is 3.30. The van der Waals surface area contributed by atoms with Crippen molar-refractivity contribution in [2.45, 2.75) is 0 Å². The predicted octanol–water partition coefficient (Wildman–Crippen LogP) is 4.15. The topological polar surface area (TPSA) is 25.8 Å². The Hall–Kier alpha value is -0.900. The summed E-state index contributed by atoms with van der Waals surface area (Å²) in [6, 6.07) is 7.46. The number of aromatic nitrogens is 2. The fourth-order valence-electron chi connectivity index (χ4n) is 1.47. The predicted molar refractivity (Wildman–Crippen MR) is 64.9 cm³/mol. The van der Waals surface area contributed by atoms with E-state index in [-0.39, 0.29) is 0 Å². The second-order valence-corrected chi connectivity index (χ2v) is 4.92. The fourth-order valence-corrected chi connectivity index (χ4v) is 2.75. The van der Waals surface area contributed by atoms with Gasteiger partial charge in [-0.15, -0.1) is 11.3 Å². The molecule has 0 spiro atoms. The lowest BCUT2D eigenvalue weighted by molar-refractivity contribution is 1.39. The highest BCUT2D eigenvalue weighted by molar-refractivity contribution is 7.25. The molecule has 0 aliphatic rings. The van der Waals surface area contributed by atoms with Crippen molar-refractivity contribution in [2.75, 3.05) is 0 Å². The molecular weight excluding hydrogens is 251 g/mol. The van der Waals surface area contributed by atoms with Gasteiger partial charge in [0, 0.05) is 0 Å². The van der Waals surface area contributed by atoms with Gasteiger partial charge >= 0.3 is 0 Å². The van der Waals surface area contributed by atoms with E-state index in [4.69, 9.17) is 23.2 Å². The SMILES string of the molecule is Clc1ccc2sc3ccc(Cl)nc3c2n1. The van der Waals surface area contributed by atoms with Crippen LogP contribution in [0.2, 0.25) is 10.3 Å². The third-order valence-electron chi connectivity index (χ3n) is 2.09. The Balaban J connectivity index is 2.55. The Bertz CT molecular complexity index is 607. The highest BCUT2D eigenvalue weighted by Gasteiger charge is 2.08. The molecule has 3 aromatic rings. The molecule has 5 heteroatoms. The molecule has 0 aliphatic carbocycles. The quantitative estimate of drug-likeness (QED) is 0.564. The summed E-state index contributed by atoms with van der Waals surface area (Å²) in [5, 5.41) is 0.952. The zero-order valence-corrected chi connectivity index (χ0v) is 9.70. The van der Waals surface area contributed by atoms with Gasteiger partial charge in [-0.05, 0) is 24.3 Å². The van der Waals surface area contributed by atoms with Gasteiger partial charge in [0.1, 0.15) is 21.3 Å². The second-order valence-electron chi connectivity index (χ2n) is 3.06. The van der Waals surface area contributed by atoms with E-state index in [9.17, 15) is 0 Å². The zero-order valence-electron chi connectivity index (χ0n) is 7.37. The minimum absolute atomic E-state index is 0.476. The van der Waals surface area contributed by atoms with Crippen LogP contribution >= 0.6 is 34.5 Å². The van der Waals surface area contributed by atoms with E-state index in [1.165, 1.54) is 0 Å². The van der Waals surface area contributed by atoms with Gasteiger partial charge in [0.15, 0.2) is 0 Å². The summed E-state index contributed by atoms with van der Waals surface area (Å²) in [6.07, 6.45) is 0. The van der Waals surface area contributed by atoms with Crippen molar-refractivity contribution in [3.05, 3.63) is 34.6 Å². The van der Waals surface area contributed by atoms with Crippen LogP contribution < -0.4 is 0 Å². The summed E-state index contributed by atoms with van der Waals surface area (Å²) in [6.45, 7) is 0. The summed E-state index contributed by atoms with van der Waals surface area (Å²) in [5.41, 5.74) is 1.65. The molecule has 0 amide bonds. The van der Waals surface area contributed by atoms with Crippen LogP contribution in [0.4, 0.5) is 0 Å². The average molecular weight is 255 g/mol. The number of halogens is 2. The van der Waals surface area contributed by atoms with Crippen molar-refractivity contribution >= 4 is 55.0 Å². The summed E-state index contributed by atoms with van der Waals surface area (Å²) in [7, 11) is 0. The lowest BCUT2D eigenvalue weighted by atomic mass is 10.3. The van der Waals surface area contributed by atoms with Gasteiger partial charge in [0.05, 0.1) is 9.40 Å².